The molecule has 24 heavy (non-hydrogen) atoms. The number of hydrogen-bond donors (Lipinski definition) is 3. The molecule has 2 aromatic rings. The van der Waals surface area contributed by atoms with E-state index in [-0.39, 0.29) is 5.57 Å². The monoisotopic (exact) mass is 320 g/mol. The van der Waals surface area contributed by atoms with Gasteiger partial charge >= 0.3 is 0 Å². The fourth-order valence-corrected chi connectivity index (χ4v) is 2.15. The SMILES string of the molecule is Cc1ccc(N)c(N/C=C(/C#N)C(=O)NCCc2ccccc2)c1. The van der Waals surface area contributed by atoms with Crippen molar-refractivity contribution in [2.45, 2.75) is 13.3 Å². The number of nitrogens with zero attached hydrogens (tertiary/aromatic N) is 1. The van der Waals surface area contributed by atoms with Crippen molar-refractivity contribution in [3.8, 4) is 6.07 Å². The molecule has 5 nitrogen and oxygen atoms in total. The van der Waals surface area contributed by atoms with Crippen molar-refractivity contribution < 1.29 is 4.79 Å². The summed E-state index contributed by atoms with van der Waals surface area (Å²) in [7, 11) is 0. The Morgan fingerprint density at radius 1 is 1.25 bits per heavy atom. The summed E-state index contributed by atoms with van der Waals surface area (Å²) in [6.07, 6.45) is 2.09. The van der Waals surface area contributed by atoms with Crippen LogP contribution in [-0.4, -0.2) is 12.5 Å². The van der Waals surface area contributed by atoms with E-state index >= 15 is 0 Å². The molecule has 0 spiro atoms. The predicted molar refractivity (Wildman–Crippen MR) is 96.1 cm³/mol. The first-order chi connectivity index (χ1) is 11.6. The van der Waals surface area contributed by atoms with Crippen LogP contribution >= 0.6 is 0 Å². The zero-order valence-electron chi connectivity index (χ0n) is 13.5. The summed E-state index contributed by atoms with van der Waals surface area (Å²) in [5.41, 5.74) is 9.25. The summed E-state index contributed by atoms with van der Waals surface area (Å²) >= 11 is 0. The Morgan fingerprint density at radius 2 is 2.00 bits per heavy atom. The highest BCUT2D eigenvalue weighted by molar-refractivity contribution is 5.97. The molecule has 1 amide bonds. The maximum atomic E-state index is 12.1. The van der Waals surface area contributed by atoms with Crippen LogP contribution in [0, 0.1) is 18.3 Å². The van der Waals surface area contributed by atoms with E-state index in [1.165, 1.54) is 6.20 Å². The van der Waals surface area contributed by atoms with Crippen molar-refractivity contribution in [1.82, 2.24) is 5.32 Å². The fraction of sp³-hybridized carbons (Fsp3) is 0.158. The predicted octanol–water partition coefficient (Wildman–Crippen LogP) is 2.76. The Balaban J connectivity index is 1.93. The largest absolute Gasteiger partial charge is 0.397 e. The third-order valence-electron chi connectivity index (χ3n) is 3.49. The third kappa shape index (κ3) is 4.89. The number of nitriles is 1. The second-order valence-corrected chi connectivity index (χ2v) is 5.40. The second-order valence-electron chi connectivity index (χ2n) is 5.40. The maximum absolute atomic E-state index is 12.1. The van der Waals surface area contributed by atoms with Gasteiger partial charge in [0.1, 0.15) is 11.6 Å². The molecule has 0 unspecified atom stereocenters. The van der Waals surface area contributed by atoms with Crippen LogP contribution in [0.1, 0.15) is 11.1 Å². The number of nitrogen functional groups attached to an aromatic ring is 1. The van der Waals surface area contributed by atoms with E-state index in [4.69, 9.17) is 11.0 Å². The number of carbonyl (C=O) groups is 1. The van der Waals surface area contributed by atoms with Crippen LogP contribution in [0.15, 0.2) is 60.3 Å². The highest BCUT2D eigenvalue weighted by Crippen LogP contribution is 2.19. The number of nitrogens with two attached hydrogens (primary N) is 1. The van der Waals surface area contributed by atoms with Gasteiger partial charge in [-0.1, -0.05) is 36.4 Å². The van der Waals surface area contributed by atoms with Gasteiger partial charge in [0.15, 0.2) is 0 Å². The lowest BCUT2D eigenvalue weighted by Gasteiger charge is -2.08. The molecule has 5 heteroatoms. The van der Waals surface area contributed by atoms with Gasteiger partial charge in [-0.3, -0.25) is 4.79 Å². The smallest absolute Gasteiger partial charge is 0.263 e. The van der Waals surface area contributed by atoms with E-state index in [2.05, 4.69) is 10.6 Å². The Kier molecular flexibility index (Phi) is 5.98. The molecule has 0 aliphatic rings. The number of hydrogen-bond acceptors (Lipinski definition) is 4. The van der Waals surface area contributed by atoms with Crippen LogP contribution in [0.5, 0.6) is 0 Å². The van der Waals surface area contributed by atoms with E-state index in [9.17, 15) is 4.79 Å². The van der Waals surface area contributed by atoms with Crippen LogP contribution < -0.4 is 16.4 Å². The third-order valence-corrected chi connectivity index (χ3v) is 3.49. The van der Waals surface area contributed by atoms with Gasteiger partial charge in [-0.25, -0.2) is 0 Å². The average Bonchev–Trinajstić information content (AvgIpc) is 2.59. The summed E-state index contributed by atoms with van der Waals surface area (Å²) in [5, 5.41) is 14.8. The highest BCUT2D eigenvalue weighted by atomic mass is 16.1. The average molecular weight is 320 g/mol. The van der Waals surface area contributed by atoms with Gasteiger partial charge < -0.3 is 16.4 Å². The molecule has 4 N–H and O–H groups in total. The molecule has 0 aromatic heterocycles. The molecular weight excluding hydrogens is 300 g/mol. The molecule has 0 fully saturated rings. The number of amides is 1. The summed E-state index contributed by atoms with van der Waals surface area (Å²) < 4.78 is 0. The van der Waals surface area contributed by atoms with Crippen molar-refractivity contribution in [2.24, 2.45) is 0 Å². The zero-order valence-corrected chi connectivity index (χ0v) is 13.5. The first-order valence-corrected chi connectivity index (χ1v) is 7.65. The van der Waals surface area contributed by atoms with Gasteiger partial charge in [0, 0.05) is 12.7 Å². The number of benzene rings is 2. The standard InChI is InChI=1S/C19H20N4O/c1-14-7-8-17(21)18(11-14)23-13-16(12-20)19(24)22-10-9-15-5-3-2-4-6-15/h2-8,11,13,23H,9-10,21H2,1H3,(H,22,24)/b16-13-. The summed E-state index contributed by atoms with van der Waals surface area (Å²) in [6.45, 7) is 2.41. The quantitative estimate of drug-likeness (QED) is 0.433. The molecule has 0 heterocycles. The lowest BCUT2D eigenvalue weighted by molar-refractivity contribution is -0.117. The summed E-state index contributed by atoms with van der Waals surface area (Å²) in [6, 6.07) is 17.3. The van der Waals surface area contributed by atoms with Gasteiger partial charge in [-0.2, -0.15) is 5.26 Å². The first kappa shape index (κ1) is 17.1. The molecule has 0 saturated carbocycles. The van der Waals surface area contributed by atoms with Crippen LogP contribution in [-0.2, 0) is 11.2 Å². The van der Waals surface area contributed by atoms with Crippen molar-refractivity contribution in [2.75, 3.05) is 17.6 Å². The molecule has 0 aliphatic carbocycles. The molecule has 2 aromatic carbocycles. The summed E-state index contributed by atoms with van der Waals surface area (Å²) in [5.74, 6) is -0.410. The molecule has 2 rings (SSSR count). The highest BCUT2D eigenvalue weighted by Gasteiger charge is 2.08. The van der Waals surface area contributed by atoms with E-state index in [0.717, 1.165) is 11.1 Å². The van der Waals surface area contributed by atoms with Gasteiger partial charge in [0.2, 0.25) is 0 Å². The van der Waals surface area contributed by atoms with Crippen LogP contribution in [0.25, 0.3) is 0 Å². The van der Waals surface area contributed by atoms with E-state index in [1.807, 2.05) is 55.5 Å². The Hall–Kier alpha value is -3.26. The van der Waals surface area contributed by atoms with Crippen LogP contribution in [0.4, 0.5) is 11.4 Å². The second kappa shape index (κ2) is 8.39. The molecule has 0 saturated heterocycles. The van der Waals surface area contributed by atoms with E-state index in [1.54, 1.807) is 6.07 Å². The molecule has 0 radical (unpaired) electrons. The van der Waals surface area contributed by atoms with E-state index in [0.29, 0.717) is 24.3 Å². The Morgan fingerprint density at radius 3 is 2.71 bits per heavy atom. The maximum Gasteiger partial charge on any atom is 0.263 e. The van der Waals surface area contributed by atoms with Crippen molar-refractivity contribution in [3.63, 3.8) is 0 Å². The van der Waals surface area contributed by atoms with Crippen LogP contribution in [0.3, 0.4) is 0 Å². The lowest BCUT2D eigenvalue weighted by atomic mass is 10.1. The normalized spacial score (nSPS) is 10.8. The number of carbonyl (C=O) groups excluding carboxylic acids is 1. The Bertz CT molecular complexity index is 776. The zero-order chi connectivity index (χ0) is 17.4. The van der Waals surface area contributed by atoms with Crippen molar-refractivity contribution >= 4 is 17.3 Å². The topological polar surface area (TPSA) is 90.9 Å². The summed E-state index contributed by atoms with van der Waals surface area (Å²) in [4.78, 5) is 12.1. The molecule has 122 valence electrons. The van der Waals surface area contributed by atoms with Gasteiger partial charge in [0.25, 0.3) is 5.91 Å². The lowest BCUT2D eigenvalue weighted by Crippen LogP contribution is -2.27. The minimum absolute atomic E-state index is 0.00367. The van der Waals surface area contributed by atoms with Crippen LogP contribution in [0.2, 0.25) is 0 Å². The van der Waals surface area contributed by atoms with Crippen molar-refractivity contribution in [3.05, 3.63) is 71.4 Å². The fourth-order valence-electron chi connectivity index (χ4n) is 2.15. The molecular formula is C19H20N4O. The Labute approximate surface area is 141 Å². The minimum Gasteiger partial charge on any atom is -0.397 e. The molecule has 0 aliphatic heterocycles. The van der Waals surface area contributed by atoms with Gasteiger partial charge in [-0.15, -0.1) is 0 Å². The number of aryl methyl sites for hydroxylation is 1. The van der Waals surface area contributed by atoms with Crippen molar-refractivity contribution in [1.29, 1.82) is 5.26 Å². The number of rotatable bonds is 6. The number of nitrogens with one attached hydrogen (secondary N) is 2. The molecule has 0 atom stereocenters. The van der Waals surface area contributed by atoms with Gasteiger partial charge in [-0.05, 0) is 36.6 Å². The minimum atomic E-state index is -0.410. The van der Waals surface area contributed by atoms with E-state index < -0.39 is 5.91 Å². The first-order valence-electron chi connectivity index (χ1n) is 7.65. The number of anilines is 2. The molecule has 0 bridgehead atoms. The van der Waals surface area contributed by atoms with Gasteiger partial charge in [0.05, 0.1) is 11.4 Å².